The van der Waals surface area contributed by atoms with Crippen molar-refractivity contribution in [3.63, 3.8) is 0 Å². The molecule has 3 rings (SSSR count). The average Bonchev–Trinajstić information content (AvgIpc) is 2.72. The van der Waals surface area contributed by atoms with Crippen molar-refractivity contribution in [2.24, 2.45) is 0 Å². The summed E-state index contributed by atoms with van der Waals surface area (Å²) in [5, 5.41) is 2.79. The van der Waals surface area contributed by atoms with Gasteiger partial charge in [0.15, 0.2) is 0 Å². The van der Waals surface area contributed by atoms with Crippen LogP contribution >= 0.6 is 0 Å². The maximum absolute atomic E-state index is 12.4. The molecule has 0 aliphatic rings. The van der Waals surface area contributed by atoms with Crippen molar-refractivity contribution in [1.29, 1.82) is 0 Å². The van der Waals surface area contributed by atoms with Gasteiger partial charge in [-0.05, 0) is 54.4 Å². The summed E-state index contributed by atoms with van der Waals surface area (Å²) >= 11 is 0. The molecule has 0 aliphatic carbocycles. The lowest BCUT2D eigenvalue weighted by molar-refractivity contribution is 0.0951. The van der Waals surface area contributed by atoms with Crippen LogP contribution in [0.15, 0.2) is 78.0 Å². The van der Waals surface area contributed by atoms with E-state index in [1.54, 1.807) is 12.4 Å². The van der Waals surface area contributed by atoms with Crippen molar-refractivity contribution < 1.29 is 13.2 Å². The molecule has 3 aromatic rings. The molecule has 2 aromatic carbocycles. The second-order valence-electron chi connectivity index (χ2n) is 6.37. The molecule has 6 nitrogen and oxygen atoms in total. The lowest BCUT2D eigenvalue weighted by atomic mass is 10.2. The van der Waals surface area contributed by atoms with E-state index in [9.17, 15) is 13.2 Å². The zero-order chi connectivity index (χ0) is 20.0. The Hall–Kier alpha value is -3.03. The Bertz CT molecular complexity index is 1030. The van der Waals surface area contributed by atoms with Crippen LogP contribution in [-0.2, 0) is 23.1 Å². The summed E-state index contributed by atoms with van der Waals surface area (Å²) in [4.78, 5) is 16.3. The van der Waals surface area contributed by atoms with E-state index >= 15 is 0 Å². The Kier molecular flexibility index (Phi) is 6.18. The van der Waals surface area contributed by atoms with Gasteiger partial charge in [-0.25, -0.2) is 13.1 Å². The number of aryl methyl sites for hydroxylation is 1. The van der Waals surface area contributed by atoms with Crippen molar-refractivity contribution in [1.82, 2.24) is 15.0 Å². The fraction of sp³-hybridized carbons (Fsp3) is 0.143. The topological polar surface area (TPSA) is 88.2 Å². The lowest BCUT2D eigenvalue weighted by Crippen LogP contribution is -2.24. The van der Waals surface area contributed by atoms with Crippen molar-refractivity contribution in [2.75, 3.05) is 0 Å². The number of aromatic nitrogens is 1. The van der Waals surface area contributed by atoms with E-state index in [1.807, 2.05) is 43.3 Å². The van der Waals surface area contributed by atoms with Crippen molar-refractivity contribution in [3.05, 3.63) is 95.3 Å². The van der Waals surface area contributed by atoms with Gasteiger partial charge in [0, 0.05) is 31.0 Å². The predicted octanol–water partition coefficient (Wildman–Crippen LogP) is 2.80. The maximum atomic E-state index is 12.4. The third-order valence-electron chi connectivity index (χ3n) is 4.22. The molecule has 0 saturated carbocycles. The molecule has 1 aromatic heterocycles. The average molecular weight is 395 g/mol. The van der Waals surface area contributed by atoms with Crippen LogP contribution < -0.4 is 10.0 Å². The quantitative estimate of drug-likeness (QED) is 0.644. The van der Waals surface area contributed by atoms with Gasteiger partial charge in [0.25, 0.3) is 5.91 Å². The van der Waals surface area contributed by atoms with Crippen molar-refractivity contribution >= 4 is 15.9 Å². The molecule has 1 amide bonds. The van der Waals surface area contributed by atoms with E-state index in [1.165, 1.54) is 24.3 Å². The highest BCUT2D eigenvalue weighted by Gasteiger charge is 2.15. The molecule has 0 bridgehead atoms. The van der Waals surface area contributed by atoms with E-state index in [2.05, 4.69) is 15.0 Å². The van der Waals surface area contributed by atoms with Gasteiger partial charge in [-0.2, -0.15) is 0 Å². The van der Waals surface area contributed by atoms with Crippen molar-refractivity contribution in [2.45, 2.75) is 24.9 Å². The molecule has 0 fully saturated rings. The summed E-state index contributed by atoms with van der Waals surface area (Å²) in [6.45, 7) is 2.55. The minimum atomic E-state index is -3.65. The van der Waals surface area contributed by atoms with Gasteiger partial charge in [-0.3, -0.25) is 9.78 Å². The fourth-order valence-electron chi connectivity index (χ4n) is 2.54. The van der Waals surface area contributed by atoms with Crippen LogP contribution in [0.3, 0.4) is 0 Å². The van der Waals surface area contributed by atoms with Crippen LogP contribution in [0.1, 0.15) is 27.0 Å². The Morgan fingerprint density at radius 1 is 0.857 bits per heavy atom. The number of nitrogens with zero attached hydrogens (tertiary/aromatic N) is 1. The molecular weight excluding hydrogens is 374 g/mol. The normalized spacial score (nSPS) is 11.2. The number of hydrogen-bond donors (Lipinski definition) is 2. The summed E-state index contributed by atoms with van der Waals surface area (Å²) < 4.78 is 27.5. The van der Waals surface area contributed by atoms with Gasteiger partial charge < -0.3 is 5.32 Å². The third-order valence-corrected chi connectivity index (χ3v) is 5.63. The first-order valence-corrected chi connectivity index (χ1v) is 10.2. The van der Waals surface area contributed by atoms with Crippen molar-refractivity contribution in [3.8, 4) is 0 Å². The predicted molar refractivity (Wildman–Crippen MR) is 107 cm³/mol. The SMILES string of the molecule is Cc1ccc(CNS(=O)(=O)c2ccc(C(=O)NCc3ccncc3)cc2)cc1. The Balaban J connectivity index is 1.60. The zero-order valence-corrected chi connectivity index (χ0v) is 16.2. The fourth-order valence-corrected chi connectivity index (χ4v) is 3.56. The van der Waals surface area contributed by atoms with Crippen LogP contribution in [0.4, 0.5) is 0 Å². The molecule has 28 heavy (non-hydrogen) atoms. The first-order chi connectivity index (χ1) is 13.4. The van der Waals surface area contributed by atoms with Gasteiger partial charge in [0.2, 0.25) is 10.0 Å². The van der Waals surface area contributed by atoms with Gasteiger partial charge >= 0.3 is 0 Å². The first kappa shape index (κ1) is 19.7. The molecule has 1 heterocycles. The van der Waals surface area contributed by atoms with Crippen LogP contribution in [0, 0.1) is 6.92 Å². The molecule has 7 heteroatoms. The van der Waals surface area contributed by atoms with E-state index in [0.29, 0.717) is 12.1 Å². The summed E-state index contributed by atoms with van der Waals surface area (Å²) in [7, 11) is -3.65. The number of carbonyl (C=O) groups is 1. The molecule has 0 saturated heterocycles. The molecule has 0 unspecified atom stereocenters. The molecule has 0 atom stereocenters. The monoisotopic (exact) mass is 395 g/mol. The number of carbonyl (C=O) groups excluding carboxylic acids is 1. The number of nitrogens with one attached hydrogen (secondary N) is 2. The van der Waals surface area contributed by atoms with Gasteiger partial charge in [0.05, 0.1) is 4.90 Å². The summed E-state index contributed by atoms with van der Waals surface area (Å²) in [6, 6.07) is 17.1. The summed E-state index contributed by atoms with van der Waals surface area (Å²) in [5.41, 5.74) is 3.32. The number of sulfonamides is 1. The van der Waals surface area contributed by atoms with Crippen LogP contribution in [-0.4, -0.2) is 19.3 Å². The van der Waals surface area contributed by atoms with Crippen LogP contribution in [0.25, 0.3) is 0 Å². The number of pyridine rings is 1. The van der Waals surface area contributed by atoms with E-state index in [4.69, 9.17) is 0 Å². The Labute approximate surface area is 164 Å². The van der Waals surface area contributed by atoms with Crippen LogP contribution in [0.5, 0.6) is 0 Å². The number of rotatable bonds is 7. The Morgan fingerprint density at radius 3 is 2.11 bits per heavy atom. The second kappa shape index (κ2) is 8.77. The highest BCUT2D eigenvalue weighted by atomic mass is 32.2. The van der Waals surface area contributed by atoms with E-state index in [0.717, 1.165) is 16.7 Å². The zero-order valence-electron chi connectivity index (χ0n) is 15.4. The largest absolute Gasteiger partial charge is 0.348 e. The first-order valence-electron chi connectivity index (χ1n) is 8.76. The number of hydrogen-bond acceptors (Lipinski definition) is 4. The molecule has 0 aliphatic heterocycles. The highest BCUT2D eigenvalue weighted by molar-refractivity contribution is 7.89. The minimum Gasteiger partial charge on any atom is -0.348 e. The highest BCUT2D eigenvalue weighted by Crippen LogP contribution is 2.12. The van der Waals surface area contributed by atoms with Gasteiger partial charge in [0.1, 0.15) is 0 Å². The minimum absolute atomic E-state index is 0.116. The Morgan fingerprint density at radius 2 is 1.46 bits per heavy atom. The lowest BCUT2D eigenvalue weighted by Gasteiger charge is -2.09. The van der Waals surface area contributed by atoms with Gasteiger partial charge in [-0.15, -0.1) is 0 Å². The molecular formula is C21H21N3O3S. The van der Waals surface area contributed by atoms with Gasteiger partial charge in [-0.1, -0.05) is 29.8 Å². The molecule has 2 N–H and O–H groups in total. The van der Waals surface area contributed by atoms with Crippen LogP contribution in [0.2, 0.25) is 0 Å². The smallest absolute Gasteiger partial charge is 0.251 e. The molecule has 0 radical (unpaired) electrons. The number of benzene rings is 2. The number of amides is 1. The summed E-state index contributed by atoms with van der Waals surface area (Å²) in [6.07, 6.45) is 3.31. The molecule has 0 spiro atoms. The third kappa shape index (κ3) is 5.25. The van der Waals surface area contributed by atoms with E-state index in [-0.39, 0.29) is 17.3 Å². The summed E-state index contributed by atoms with van der Waals surface area (Å²) in [5.74, 6) is -0.270. The second-order valence-corrected chi connectivity index (χ2v) is 8.14. The van der Waals surface area contributed by atoms with E-state index < -0.39 is 10.0 Å². The molecule has 144 valence electrons. The standard InChI is InChI=1S/C21H21N3O3S/c1-16-2-4-17(5-3-16)15-24-28(26,27)20-8-6-19(7-9-20)21(25)23-14-18-10-12-22-13-11-18/h2-13,24H,14-15H2,1H3,(H,23,25). The maximum Gasteiger partial charge on any atom is 0.251 e.